The topological polar surface area (TPSA) is 42.2 Å². The smallest absolute Gasteiger partial charge is 0.229 e. The van der Waals surface area contributed by atoms with Crippen molar-refractivity contribution in [2.45, 2.75) is 12.8 Å². The molecule has 2 aromatic rings. The number of pyridine rings is 1. The van der Waals surface area contributed by atoms with Crippen molar-refractivity contribution >= 4 is 34.2 Å². The van der Waals surface area contributed by atoms with Crippen molar-refractivity contribution in [3.05, 3.63) is 21.9 Å². The third-order valence-electron chi connectivity index (χ3n) is 2.63. The van der Waals surface area contributed by atoms with Crippen molar-refractivity contribution in [3.63, 3.8) is 0 Å². The quantitative estimate of drug-likeness (QED) is 0.883. The highest BCUT2D eigenvalue weighted by atomic mass is 127. The van der Waals surface area contributed by atoms with Crippen LogP contribution in [0.3, 0.4) is 0 Å². The molecule has 0 aromatic carbocycles. The van der Waals surface area contributed by atoms with Gasteiger partial charge in [-0.25, -0.2) is 0 Å². The van der Waals surface area contributed by atoms with Gasteiger partial charge in [0, 0.05) is 12.7 Å². The minimum Gasteiger partial charge on any atom is -0.354 e. The number of anilines is 1. The Labute approximate surface area is 101 Å². The largest absolute Gasteiger partial charge is 0.354 e. The van der Waals surface area contributed by atoms with Gasteiger partial charge in [0.2, 0.25) is 5.95 Å². The second-order valence-corrected chi connectivity index (χ2v) is 5.06. The Kier molecular flexibility index (Phi) is 2.27. The molecule has 1 N–H and O–H groups in total. The van der Waals surface area contributed by atoms with E-state index in [1.165, 1.54) is 12.8 Å². The lowest BCUT2D eigenvalue weighted by molar-refractivity contribution is 0.869. The molecule has 1 fully saturated rings. The molecule has 0 spiro atoms. The maximum absolute atomic E-state index is 4.16. The fraction of sp³-hybridized carbons (Fsp3) is 0.400. The first-order valence-electron chi connectivity index (χ1n) is 5.08. The highest BCUT2D eigenvalue weighted by Crippen LogP contribution is 2.28. The Balaban J connectivity index is 1.92. The molecule has 2 heterocycles. The zero-order chi connectivity index (χ0) is 10.3. The van der Waals surface area contributed by atoms with Gasteiger partial charge in [0.05, 0.1) is 3.57 Å². The first-order chi connectivity index (χ1) is 7.34. The summed E-state index contributed by atoms with van der Waals surface area (Å²) in [6, 6.07) is 4.05. The first-order valence-corrected chi connectivity index (χ1v) is 6.15. The van der Waals surface area contributed by atoms with Crippen LogP contribution in [0.1, 0.15) is 12.8 Å². The fourth-order valence-corrected chi connectivity index (χ4v) is 2.14. The lowest BCUT2D eigenvalue weighted by Crippen LogP contribution is -2.06. The number of hydrogen-bond donors (Lipinski definition) is 1. The van der Waals surface area contributed by atoms with Crippen LogP contribution in [0, 0.1) is 9.49 Å². The van der Waals surface area contributed by atoms with Crippen LogP contribution in [-0.4, -0.2) is 21.1 Å². The summed E-state index contributed by atoms with van der Waals surface area (Å²) in [5.41, 5.74) is 0.927. The van der Waals surface area contributed by atoms with E-state index in [4.69, 9.17) is 0 Å². The van der Waals surface area contributed by atoms with Crippen LogP contribution in [0.25, 0.3) is 5.65 Å². The molecule has 0 radical (unpaired) electrons. The highest BCUT2D eigenvalue weighted by molar-refractivity contribution is 14.1. The zero-order valence-corrected chi connectivity index (χ0v) is 10.3. The van der Waals surface area contributed by atoms with E-state index in [0.717, 1.165) is 27.6 Å². The number of aromatic nitrogens is 3. The summed E-state index contributed by atoms with van der Waals surface area (Å²) >= 11 is 2.27. The summed E-state index contributed by atoms with van der Waals surface area (Å²) in [6.45, 7) is 1.02. The Bertz CT molecular complexity index is 489. The molecule has 2 aromatic heterocycles. The molecule has 0 atom stereocenters. The van der Waals surface area contributed by atoms with Gasteiger partial charge in [-0.1, -0.05) is 0 Å². The van der Waals surface area contributed by atoms with Crippen LogP contribution < -0.4 is 5.32 Å². The Morgan fingerprint density at radius 2 is 2.33 bits per heavy atom. The molecule has 1 aliphatic carbocycles. The third-order valence-corrected chi connectivity index (χ3v) is 3.47. The predicted molar refractivity (Wildman–Crippen MR) is 66.9 cm³/mol. The van der Waals surface area contributed by atoms with E-state index in [1.54, 1.807) is 0 Å². The minimum absolute atomic E-state index is 0.847. The molecular formula is C10H11IN4. The van der Waals surface area contributed by atoms with Crippen LogP contribution in [0.2, 0.25) is 0 Å². The van der Waals surface area contributed by atoms with E-state index >= 15 is 0 Å². The monoisotopic (exact) mass is 314 g/mol. The maximum Gasteiger partial charge on any atom is 0.229 e. The van der Waals surface area contributed by atoms with Crippen molar-refractivity contribution in [2.24, 2.45) is 5.92 Å². The summed E-state index contributed by atoms with van der Waals surface area (Å²) in [5.74, 6) is 1.70. The zero-order valence-electron chi connectivity index (χ0n) is 8.15. The van der Waals surface area contributed by atoms with Crippen LogP contribution in [0.5, 0.6) is 0 Å². The Morgan fingerprint density at radius 1 is 1.47 bits per heavy atom. The van der Waals surface area contributed by atoms with Gasteiger partial charge in [-0.2, -0.15) is 0 Å². The number of hydrogen-bond acceptors (Lipinski definition) is 3. The Morgan fingerprint density at radius 3 is 3.13 bits per heavy atom. The van der Waals surface area contributed by atoms with Crippen molar-refractivity contribution in [1.29, 1.82) is 0 Å². The van der Waals surface area contributed by atoms with E-state index in [0.29, 0.717) is 0 Å². The maximum atomic E-state index is 4.16. The third kappa shape index (κ3) is 1.80. The SMILES string of the molecule is Ic1cccn2c(NCC3CC3)nnc12. The summed E-state index contributed by atoms with van der Waals surface area (Å²) in [7, 11) is 0. The predicted octanol–water partition coefficient (Wildman–Crippen LogP) is 2.16. The van der Waals surface area contributed by atoms with Crippen LogP contribution in [0.15, 0.2) is 18.3 Å². The molecule has 0 aliphatic heterocycles. The van der Waals surface area contributed by atoms with Crippen LogP contribution in [0.4, 0.5) is 5.95 Å². The van der Waals surface area contributed by atoms with Crippen LogP contribution in [-0.2, 0) is 0 Å². The average molecular weight is 314 g/mol. The van der Waals surface area contributed by atoms with E-state index in [1.807, 2.05) is 22.7 Å². The number of rotatable bonds is 3. The van der Waals surface area contributed by atoms with Gasteiger partial charge >= 0.3 is 0 Å². The molecule has 1 saturated carbocycles. The van der Waals surface area contributed by atoms with Gasteiger partial charge in [0.1, 0.15) is 0 Å². The van der Waals surface area contributed by atoms with Gasteiger partial charge in [0.15, 0.2) is 5.65 Å². The van der Waals surface area contributed by atoms with E-state index < -0.39 is 0 Å². The first kappa shape index (κ1) is 9.38. The van der Waals surface area contributed by atoms with Crippen molar-refractivity contribution in [1.82, 2.24) is 14.6 Å². The second kappa shape index (κ2) is 3.62. The highest BCUT2D eigenvalue weighted by Gasteiger charge is 2.21. The number of nitrogens with zero attached hydrogens (tertiary/aromatic N) is 3. The molecule has 5 heteroatoms. The second-order valence-electron chi connectivity index (χ2n) is 3.90. The lowest BCUT2D eigenvalue weighted by atomic mass is 10.4. The van der Waals surface area contributed by atoms with Gasteiger partial charge in [-0.3, -0.25) is 4.40 Å². The Hall–Kier alpha value is -0.850. The fourth-order valence-electron chi connectivity index (χ4n) is 1.56. The van der Waals surface area contributed by atoms with Gasteiger partial charge in [-0.05, 0) is 53.5 Å². The van der Waals surface area contributed by atoms with Crippen molar-refractivity contribution < 1.29 is 0 Å². The molecule has 0 saturated heterocycles. The van der Waals surface area contributed by atoms with E-state index in [-0.39, 0.29) is 0 Å². The molecule has 0 bridgehead atoms. The van der Waals surface area contributed by atoms with Crippen LogP contribution >= 0.6 is 22.6 Å². The molecule has 1 aliphatic rings. The van der Waals surface area contributed by atoms with Gasteiger partial charge < -0.3 is 5.32 Å². The average Bonchev–Trinajstić information content (AvgIpc) is 2.97. The molecule has 78 valence electrons. The molecule has 4 nitrogen and oxygen atoms in total. The minimum atomic E-state index is 0.847. The van der Waals surface area contributed by atoms with E-state index in [2.05, 4.69) is 38.1 Å². The van der Waals surface area contributed by atoms with Crippen molar-refractivity contribution in [3.8, 4) is 0 Å². The number of nitrogens with one attached hydrogen (secondary N) is 1. The summed E-state index contributed by atoms with van der Waals surface area (Å²) in [5, 5.41) is 11.7. The molecule has 3 rings (SSSR count). The molecule has 15 heavy (non-hydrogen) atoms. The van der Waals surface area contributed by atoms with Crippen molar-refractivity contribution in [2.75, 3.05) is 11.9 Å². The standard InChI is InChI=1S/C10H11IN4/c11-8-2-1-5-15-9(8)13-14-10(15)12-6-7-3-4-7/h1-2,5,7H,3-4,6H2,(H,12,14). The molecular weight excluding hydrogens is 303 g/mol. The lowest BCUT2D eigenvalue weighted by Gasteiger charge is -2.02. The normalized spacial score (nSPS) is 15.8. The summed E-state index contributed by atoms with van der Waals surface area (Å²) in [6.07, 6.45) is 4.69. The van der Waals surface area contributed by atoms with Gasteiger partial charge in [0.25, 0.3) is 0 Å². The number of fused-ring (bicyclic) bond motifs is 1. The molecule has 0 unspecified atom stereocenters. The van der Waals surface area contributed by atoms with E-state index in [9.17, 15) is 0 Å². The summed E-state index contributed by atoms with van der Waals surface area (Å²) in [4.78, 5) is 0. The van der Waals surface area contributed by atoms with Gasteiger partial charge in [-0.15, -0.1) is 10.2 Å². The number of halogens is 1. The summed E-state index contributed by atoms with van der Waals surface area (Å²) < 4.78 is 3.13. The molecule has 0 amide bonds.